The largest absolute Gasteiger partial charge is 0.504 e. The van der Waals surface area contributed by atoms with Crippen molar-refractivity contribution < 1.29 is 9.84 Å². The van der Waals surface area contributed by atoms with Gasteiger partial charge in [0.15, 0.2) is 17.5 Å². The Bertz CT molecular complexity index is 567. The van der Waals surface area contributed by atoms with E-state index in [1.165, 1.54) is 0 Å². The number of methoxy groups -OCH3 is 1. The van der Waals surface area contributed by atoms with E-state index in [9.17, 15) is 5.11 Å². The summed E-state index contributed by atoms with van der Waals surface area (Å²) < 4.78 is 5.08. The number of aromatic hydroxyl groups is 1. The Hall–Kier alpha value is -1.95. The predicted molar refractivity (Wildman–Crippen MR) is 102 cm³/mol. The Labute approximate surface area is 151 Å². The van der Waals surface area contributed by atoms with Crippen molar-refractivity contribution >= 4 is 5.96 Å². The Morgan fingerprint density at radius 2 is 2.08 bits per heavy atom. The highest BCUT2D eigenvalue weighted by Crippen LogP contribution is 2.26. The van der Waals surface area contributed by atoms with Crippen molar-refractivity contribution in [2.24, 2.45) is 4.99 Å². The maximum atomic E-state index is 9.88. The molecule has 0 aromatic heterocycles. The van der Waals surface area contributed by atoms with Gasteiger partial charge >= 0.3 is 0 Å². The van der Waals surface area contributed by atoms with Gasteiger partial charge in [0.1, 0.15) is 0 Å². The summed E-state index contributed by atoms with van der Waals surface area (Å²) >= 11 is 0. The number of nitrogens with one attached hydrogen (secondary N) is 2. The van der Waals surface area contributed by atoms with Crippen LogP contribution in [-0.2, 0) is 6.54 Å². The molecule has 0 bridgehead atoms. The van der Waals surface area contributed by atoms with Crippen LogP contribution in [0.5, 0.6) is 11.5 Å². The fourth-order valence-corrected chi connectivity index (χ4v) is 3.08. The normalized spacial score (nSPS) is 16.9. The summed E-state index contributed by atoms with van der Waals surface area (Å²) in [6.45, 7) is 10.2. The molecule has 6 heteroatoms. The lowest BCUT2D eigenvalue weighted by Crippen LogP contribution is -2.49. The molecule has 0 amide bonds. The van der Waals surface area contributed by atoms with E-state index in [0.29, 0.717) is 24.4 Å². The lowest BCUT2D eigenvalue weighted by atomic mass is 10.0. The molecule has 0 spiro atoms. The molecule has 0 aliphatic carbocycles. The van der Waals surface area contributed by atoms with Gasteiger partial charge in [0.25, 0.3) is 0 Å². The summed E-state index contributed by atoms with van der Waals surface area (Å²) in [5.74, 6) is 1.46. The smallest absolute Gasteiger partial charge is 0.191 e. The molecule has 0 saturated carbocycles. The molecular formula is C19H32N4O2. The molecule has 6 nitrogen and oxygen atoms in total. The molecule has 1 aliphatic heterocycles. The van der Waals surface area contributed by atoms with Crippen LogP contribution in [0.1, 0.15) is 39.2 Å². The summed E-state index contributed by atoms with van der Waals surface area (Å²) in [6.07, 6.45) is 2.26. The number of benzene rings is 1. The number of likely N-dealkylation sites (tertiary alicyclic amines) is 1. The quantitative estimate of drug-likeness (QED) is 0.544. The zero-order valence-electron chi connectivity index (χ0n) is 15.9. The van der Waals surface area contributed by atoms with Gasteiger partial charge in [-0.05, 0) is 51.3 Å². The van der Waals surface area contributed by atoms with Crippen LogP contribution >= 0.6 is 0 Å². The van der Waals surface area contributed by atoms with E-state index in [-0.39, 0.29) is 5.75 Å². The molecule has 1 fully saturated rings. The third-order valence-corrected chi connectivity index (χ3v) is 4.61. The van der Waals surface area contributed by atoms with Crippen molar-refractivity contribution in [3.05, 3.63) is 23.8 Å². The van der Waals surface area contributed by atoms with Gasteiger partial charge in [0.2, 0.25) is 0 Å². The first-order chi connectivity index (χ1) is 12.0. The number of hydrogen-bond acceptors (Lipinski definition) is 4. The number of piperidine rings is 1. The van der Waals surface area contributed by atoms with E-state index >= 15 is 0 Å². The molecule has 1 saturated heterocycles. The SMILES string of the molecule is CCNC(=NCc1ccc(OC)c(O)c1)NC1CCN(C(C)C)CC1. The molecule has 1 aliphatic rings. The van der Waals surface area contributed by atoms with Gasteiger partial charge in [-0.3, -0.25) is 0 Å². The first-order valence-electron chi connectivity index (χ1n) is 9.18. The van der Waals surface area contributed by atoms with Crippen molar-refractivity contribution in [3.63, 3.8) is 0 Å². The zero-order chi connectivity index (χ0) is 18.2. The minimum Gasteiger partial charge on any atom is -0.504 e. The van der Waals surface area contributed by atoms with Gasteiger partial charge in [-0.2, -0.15) is 0 Å². The van der Waals surface area contributed by atoms with Crippen LogP contribution in [0.25, 0.3) is 0 Å². The molecule has 1 heterocycles. The van der Waals surface area contributed by atoms with Gasteiger partial charge in [0.05, 0.1) is 13.7 Å². The fourth-order valence-electron chi connectivity index (χ4n) is 3.08. The average Bonchev–Trinajstić information content (AvgIpc) is 2.60. The monoisotopic (exact) mass is 348 g/mol. The van der Waals surface area contributed by atoms with Crippen LogP contribution in [0.15, 0.2) is 23.2 Å². The minimum absolute atomic E-state index is 0.147. The third-order valence-electron chi connectivity index (χ3n) is 4.61. The second-order valence-corrected chi connectivity index (χ2v) is 6.75. The fraction of sp³-hybridized carbons (Fsp3) is 0.632. The molecular weight excluding hydrogens is 316 g/mol. The van der Waals surface area contributed by atoms with Crippen molar-refractivity contribution in [1.29, 1.82) is 0 Å². The molecule has 25 heavy (non-hydrogen) atoms. The average molecular weight is 348 g/mol. The Morgan fingerprint density at radius 1 is 1.36 bits per heavy atom. The Morgan fingerprint density at radius 3 is 2.64 bits per heavy atom. The van der Waals surface area contributed by atoms with Crippen LogP contribution in [-0.4, -0.2) is 54.8 Å². The van der Waals surface area contributed by atoms with Crippen molar-refractivity contribution in [1.82, 2.24) is 15.5 Å². The van der Waals surface area contributed by atoms with Gasteiger partial charge in [-0.15, -0.1) is 0 Å². The van der Waals surface area contributed by atoms with Crippen molar-refractivity contribution in [3.8, 4) is 11.5 Å². The minimum atomic E-state index is 0.147. The summed E-state index contributed by atoms with van der Waals surface area (Å²) in [6, 6.07) is 6.46. The first-order valence-corrected chi connectivity index (χ1v) is 9.18. The van der Waals surface area contributed by atoms with Crippen LogP contribution < -0.4 is 15.4 Å². The van der Waals surface area contributed by atoms with Gasteiger partial charge < -0.3 is 25.4 Å². The number of phenolic OH excluding ortho intramolecular Hbond substituents is 1. The topological polar surface area (TPSA) is 69.1 Å². The van der Waals surface area contributed by atoms with E-state index < -0.39 is 0 Å². The maximum Gasteiger partial charge on any atom is 0.191 e. The maximum absolute atomic E-state index is 9.88. The third kappa shape index (κ3) is 5.81. The first kappa shape index (κ1) is 19.4. The van der Waals surface area contributed by atoms with E-state index in [4.69, 9.17) is 4.74 Å². The zero-order valence-corrected chi connectivity index (χ0v) is 15.9. The molecule has 3 N–H and O–H groups in total. The Balaban J connectivity index is 1.93. The molecule has 140 valence electrons. The lowest BCUT2D eigenvalue weighted by Gasteiger charge is -2.35. The van der Waals surface area contributed by atoms with Gasteiger partial charge in [-0.1, -0.05) is 6.07 Å². The van der Waals surface area contributed by atoms with Gasteiger partial charge in [-0.25, -0.2) is 4.99 Å². The molecule has 0 radical (unpaired) electrons. The molecule has 0 atom stereocenters. The molecule has 0 unspecified atom stereocenters. The number of nitrogens with zero attached hydrogens (tertiary/aromatic N) is 2. The van der Waals surface area contributed by atoms with Crippen LogP contribution in [0.2, 0.25) is 0 Å². The highest BCUT2D eigenvalue weighted by Gasteiger charge is 2.21. The molecule has 1 aromatic rings. The predicted octanol–water partition coefficient (Wildman–Crippen LogP) is 2.33. The standard InChI is InChI=1S/C19H32N4O2/c1-5-20-19(22-16-8-10-23(11-9-16)14(2)3)21-13-15-6-7-18(25-4)17(24)12-15/h6-7,12,14,16,24H,5,8-11,13H2,1-4H3,(H2,20,21,22). The van der Waals surface area contributed by atoms with Crippen molar-refractivity contribution in [2.45, 2.75) is 52.2 Å². The highest BCUT2D eigenvalue weighted by atomic mass is 16.5. The number of phenols is 1. The lowest BCUT2D eigenvalue weighted by molar-refractivity contribution is 0.167. The molecule has 2 rings (SSSR count). The number of hydrogen-bond donors (Lipinski definition) is 3. The van der Waals surface area contributed by atoms with E-state index in [1.807, 2.05) is 6.07 Å². The van der Waals surface area contributed by atoms with Crippen LogP contribution in [0.3, 0.4) is 0 Å². The number of ether oxygens (including phenoxy) is 1. The van der Waals surface area contributed by atoms with Crippen LogP contribution in [0.4, 0.5) is 0 Å². The number of aliphatic imine (C=N–C) groups is 1. The number of guanidine groups is 1. The van der Waals surface area contributed by atoms with E-state index in [2.05, 4.69) is 41.3 Å². The van der Waals surface area contributed by atoms with Crippen LogP contribution in [0, 0.1) is 0 Å². The summed E-state index contributed by atoms with van der Waals surface area (Å²) in [4.78, 5) is 7.17. The summed E-state index contributed by atoms with van der Waals surface area (Å²) in [5, 5.41) is 16.7. The van der Waals surface area contributed by atoms with Gasteiger partial charge in [0, 0.05) is 31.7 Å². The highest BCUT2D eigenvalue weighted by molar-refractivity contribution is 5.80. The number of rotatable bonds is 6. The van der Waals surface area contributed by atoms with E-state index in [1.54, 1.807) is 19.2 Å². The van der Waals surface area contributed by atoms with Crippen molar-refractivity contribution in [2.75, 3.05) is 26.7 Å². The van der Waals surface area contributed by atoms with E-state index in [0.717, 1.165) is 44.0 Å². The second-order valence-electron chi connectivity index (χ2n) is 6.75. The Kier molecular flexibility index (Phi) is 7.37. The summed E-state index contributed by atoms with van der Waals surface area (Å²) in [5.41, 5.74) is 0.949. The second kappa shape index (κ2) is 9.51. The summed E-state index contributed by atoms with van der Waals surface area (Å²) in [7, 11) is 1.55. The molecule has 1 aromatic carbocycles.